The highest BCUT2D eigenvalue weighted by atomic mass is 16.5. The van der Waals surface area contributed by atoms with Gasteiger partial charge in [-0.25, -0.2) is 0 Å². The Morgan fingerprint density at radius 1 is 1.62 bits per heavy atom. The van der Waals surface area contributed by atoms with Crippen molar-refractivity contribution in [1.29, 1.82) is 0 Å². The van der Waals surface area contributed by atoms with E-state index < -0.39 is 0 Å². The summed E-state index contributed by atoms with van der Waals surface area (Å²) < 4.78 is 4.83. The summed E-state index contributed by atoms with van der Waals surface area (Å²) in [5, 5.41) is 3.22. The lowest BCUT2D eigenvalue weighted by atomic mass is 9.93. The maximum Gasteiger partial charge on any atom is 0.313 e. The first-order valence-corrected chi connectivity index (χ1v) is 4.97. The molecule has 0 spiro atoms. The second-order valence-corrected chi connectivity index (χ2v) is 3.78. The zero-order valence-corrected chi connectivity index (χ0v) is 8.72. The van der Waals surface area contributed by atoms with Gasteiger partial charge < -0.3 is 10.1 Å². The van der Waals surface area contributed by atoms with Crippen LogP contribution in [0, 0.1) is 5.41 Å². The Balaban J connectivity index is 2.61. The lowest BCUT2D eigenvalue weighted by molar-refractivity contribution is -0.148. The van der Waals surface area contributed by atoms with Gasteiger partial charge in [0.2, 0.25) is 0 Å². The number of ether oxygens (including phenoxy) is 1. The molecule has 0 radical (unpaired) electrons. The molecule has 1 aliphatic carbocycles. The number of rotatable bonds is 5. The van der Waals surface area contributed by atoms with Crippen LogP contribution in [0.15, 0.2) is 0 Å². The van der Waals surface area contributed by atoms with Crippen LogP contribution in [0.2, 0.25) is 0 Å². The van der Waals surface area contributed by atoms with Crippen molar-refractivity contribution >= 4 is 5.97 Å². The van der Waals surface area contributed by atoms with Gasteiger partial charge in [0, 0.05) is 6.04 Å². The van der Waals surface area contributed by atoms with Crippen molar-refractivity contribution < 1.29 is 9.53 Å². The molecule has 0 aromatic carbocycles. The van der Waals surface area contributed by atoms with Crippen LogP contribution in [0.1, 0.15) is 32.6 Å². The molecule has 0 amide bonds. The minimum absolute atomic E-state index is 0.0414. The molecule has 0 saturated heterocycles. The van der Waals surface area contributed by atoms with Gasteiger partial charge in [-0.15, -0.1) is 0 Å². The quantitative estimate of drug-likeness (QED) is 0.657. The molecule has 3 heteroatoms. The van der Waals surface area contributed by atoms with Crippen LogP contribution >= 0.6 is 0 Å². The van der Waals surface area contributed by atoms with Gasteiger partial charge in [0.25, 0.3) is 0 Å². The number of methoxy groups -OCH3 is 1. The van der Waals surface area contributed by atoms with Crippen molar-refractivity contribution in [3.05, 3.63) is 0 Å². The molecule has 0 aromatic heterocycles. The van der Waals surface area contributed by atoms with Gasteiger partial charge in [-0.05, 0) is 26.3 Å². The predicted octanol–water partition coefficient (Wildman–Crippen LogP) is 1.33. The third-order valence-corrected chi connectivity index (χ3v) is 2.97. The van der Waals surface area contributed by atoms with Crippen molar-refractivity contribution in [1.82, 2.24) is 5.32 Å². The SMILES string of the molecule is CCCC(NC)C1(C(=O)OC)CC1. The summed E-state index contributed by atoms with van der Waals surface area (Å²) in [6.45, 7) is 2.14. The first-order chi connectivity index (χ1) is 6.21. The van der Waals surface area contributed by atoms with Crippen LogP contribution in [0.5, 0.6) is 0 Å². The molecule has 0 aliphatic heterocycles. The van der Waals surface area contributed by atoms with Gasteiger partial charge in [0.15, 0.2) is 0 Å². The Kier molecular flexibility index (Phi) is 3.31. The third-order valence-electron chi connectivity index (χ3n) is 2.97. The maximum atomic E-state index is 11.5. The van der Waals surface area contributed by atoms with Gasteiger partial charge in [0.05, 0.1) is 12.5 Å². The fourth-order valence-electron chi connectivity index (χ4n) is 2.02. The predicted molar refractivity (Wildman–Crippen MR) is 51.4 cm³/mol. The molecule has 1 N–H and O–H groups in total. The summed E-state index contributed by atoms with van der Waals surface area (Å²) in [7, 11) is 3.39. The van der Waals surface area contributed by atoms with E-state index in [1.807, 2.05) is 7.05 Å². The summed E-state index contributed by atoms with van der Waals surface area (Å²) >= 11 is 0. The topological polar surface area (TPSA) is 38.3 Å². The third kappa shape index (κ3) is 1.85. The highest BCUT2D eigenvalue weighted by Crippen LogP contribution is 2.50. The molecule has 1 unspecified atom stereocenters. The molecular formula is C10H19NO2. The van der Waals surface area contributed by atoms with Crippen molar-refractivity contribution in [3.8, 4) is 0 Å². The average Bonchev–Trinajstić information content (AvgIpc) is 2.94. The molecule has 1 aliphatic rings. The summed E-state index contributed by atoms with van der Waals surface area (Å²) in [6, 6.07) is 0.296. The van der Waals surface area contributed by atoms with Crippen LogP contribution in [-0.2, 0) is 9.53 Å². The summed E-state index contributed by atoms with van der Waals surface area (Å²) in [5.41, 5.74) is -0.195. The first kappa shape index (κ1) is 10.5. The Morgan fingerprint density at radius 3 is 2.54 bits per heavy atom. The highest BCUT2D eigenvalue weighted by Gasteiger charge is 2.55. The number of hydrogen-bond donors (Lipinski definition) is 1. The van der Waals surface area contributed by atoms with Crippen molar-refractivity contribution in [3.63, 3.8) is 0 Å². The molecule has 1 rings (SSSR count). The van der Waals surface area contributed by atoms with E-state index in [2.05, 4.69) is 12.2 Å². The number of nitrogens with one attached hydrogen (secondary N) is 1. The lowest BCUT2D eigenvalue weighted by Crippen LogP contribution is -2.40. The van der Waals surface area contributed by atoms with Crippen LogP contribution < -0.4 is 5.32 Å². The number of carbonyl (C=O) groups is 1. The number of carbonyl (C=O) groups excluding carboxylic acids is 1. The van der Waals surface area contributed by atoms with Crippen molar-refractivity contribution in [2.24, 2.45) is 5.41 Å². The van der Waals surface area contributed by atoms with E-state index in [0.717, 1.165) is 25.7 Å². The molecule has 0 heterocycles. The Hall–Kier alpha value is -0.570. The standard InChI is InChI=1S/C10H19NO2/c1-4-5-8(11-2)10(6-7-10)9(12)13-3/h8,11H,4-7H2,1-3H3. The smallest absolute Gasteiger partial charge is 0.313 e. The number of esters is 1. The van der Waals surface area contributed by atoms with Gasteiger partial charge in [-0.1, -0.05) is 13.3 Å². The van der Waals surface area contributed by atoms with Gasteiger partial charge in [0.1, 0.15) is 0 Å². The van der Waals surface area contributed by atoms with Crippen molar-refractivity contribution in [2.45, 2.75) is 38.6 Å². The molecule has 1 fully saturated rings. The van der Waals surface area contributed by atoms with E-state index in [-0.39, 0.29) is 11.4 Å². The Morgan fingerprint density at radius 2 is 2.23 bits per heavy atom. The minimum atomic E-state index is -0.195. The normalized spacial score (nSPS) is 20.8. The van der Waals surface area contributed by atoms with Gasteiger partial charge >= 0.3 is 5.97 Å². The molecule has 0 aromatic rings. The van der Waals surface area contributed by atoms with E-state index in [9.17, 15) is 4.79 Å². The van der Waals surface area contributed by atoms with Gasteiger partial charge in [-0.3, -0.25) is 4.79 Å². The zero-order valence-electron chi connectivity index (χ0n) is 8.72. The van der Waals surface area contributed by atoms with Crippen LogP contribution in [-0.4, -0.2) is 26.2 Å². The molecular weight excluding hydrogens is 166 g/mol. The second kappa shape index (κ2) is 4.09. The molecule has 3 nitrogen and oxygen atoms in total. The lowest BCUT2D eigenvalue weighted by Gasteiger charge is -2.23. The Bertz CT molecular complexity index is 187. The van der Waals surface area contributed by atoms with Crippen LogP contribution in [0.4, 0.5) is 0 Å². The average molecular weight is 185 g/mol. The molecule has 13 heavy (non-hydrogen) atoms. The van der Waals surface area contributed by atoms with E-state index in [1.54, 1.807) is 0 Å². The summed E-state index contributed by atoms with van der Waals surface area (Å²) in [4.78, 5) is 11.5. The van der Waals surface area contributed by atoms with E-state index in [0.29, 0.717) is 6.04 Å². The summed E-state index contributed by atoms with van der Waals surface area (Å²) in [5.74, 6) is -0.0414. The number of hydrogen-bond acceptors (Lipinski definition) is 3. The fraction of sp³-hybridized carbons (Fsp3) is 0.900. The summed E-state index contributed by atoms with van der Waals surface area (Å²) in [6.07, 6.45) is 4.10. The molecule has 1 atom stereocenters. The fourth-order valence-corrected chi connectivity index (χ4v) is 2.02. The van der Waals surface area contributed by atoms with E-state index >= 15 is 0 Å². The van der Waals surface area contributed by atoms with Crippen molar-refractivity contribution in [2.75, 3.05) is 14.2 Å². The maximum absolute atomic E-state index is 11.5. The Labute approximate surface area is 79.8 Å². The molecule has 1 saturated carbocycles. The second-order valence-electron chi connectivity index (χ2n) is 3.78. The monoisotopic (exact) mass is 185 g/mol. The van der Waals surface area contributed by atoms with Crippen LogP contribution in [0.25, 0.3) is 0 Å². The highest BCUT2D eigenvalue weighted by molar-refractivity contribution is 5.80. The van der Waals surface area contributed by atoms with E-state index in [4.69, 9.17) is 4.74 Å². The van der Waals surface area contributed by atoms with Gasteiger partial charge in [-0.2, -0.15) is 0 Å². The zero-order chi connectivity index (χ0) is 9.90. The molecule has 76 valence electrons. The minimum Gasteiger partial charge on any atom is -0.469 e. The molecule has 0 bridgehead atoms. The first-order valence-electron chi connectivity index (χ1n) is 4.97. The largest absolute Gasteiger partial charge is 0.469 e. The van der Waals surface area contributed by atoms with E-state index in [1.165, 1.54) is 7.11 Å². The van der Waals surface area contributed by atoms with Crippen LogP contribution in [0.3, 0.4) is 0 Å².